The van der Waals surface area contributed by atoms with Gasteiger partial charge in [0, 0.05) is 6.92 Å². The summed E-state index contributed by atoms with van der Waals surface area (Å²) in [4.78, 5) is 23.4. The average Bonchev–Trinajstić information content (AvgIpc) is 2.47. The Morgan fingerprint density at radius 2 is 1.68 bits per heavy atom. The molecule has 0 fully saturated rings. The van der Waals surface area contributed by atoms with Crippen LogP contribution in [0.4, 0.5) is 0 Å². The number of hydrogen-bond donors (Lipinski definition) is 0. The van der Waals surface area contributed by atoms with Gasteiger partial charge in [-0.05, 0) is 48.7 Å². The third kappa shape index (κ3) is 3.95. The van der Waals surface area contributed by atoms with Gasteiger partial charge >= 0.3 is 11.9 Å². The lowest BCUT2D eigenvalue weighted by Gasteiger charge is -2.10. The summed E-state index contributed by atoms with van der Waals surface area (Å²) in [6.45, 7) is 5.20. The summed E-state index contributed by atoms with van der Waals surface area (Å²) < 4.78 is 10.4. The zero-order chi connectivity index (χ0) is 16.1. The van der Waals surface area contributed by atoms with Crippen molar-refractivity contribution in [2.24, 2.45) is 0 Å². The first-order valence-electron chi connectivity index (χ1n) is 7.09. The van der Waals surface area contributed by atoms with Gasteiger partial charge in [0.25, 0.3) is 0 Å². The van der Waals surface area contributed by atoms with Crippen LogP contribution in [0.2, 0.25) is 0 Å². The molecule has 0 aliphatic carbocycles. The van der Waals surface area contributed by atoms with E-state index < -0.39 is 11.9 Å². The maximum atomic E-state index is 12.3. The van der Waals surface area contributed by atoms with Crippen molar-refractivity contribution in [2.75, 3.05) is 0 Å². The molecule has 0 aromatic heterocycles. The van der Waals surface area contributed by atoms with Crippen LogP contribution in [0.25, 0.3) is 0 Å². The van der Waals surface area contributed by atoms with Crippen LogP contribution in [0.15, 0.2) is 42.5 Å². The maximum absolute atomic E-state index is 12.3. The number of ether oxygens (including phenoxy) is 2. The third-order valence-electron chi connectivity index (χ3n) is 3.15. The van der Waals surface area contributed by atoms with Crippen molar-refractivity contribution >= 4 is 11.9 Å². The Labute approximate surface area is 129 Å². The molecule has 4 heteroatoms. The number of hydrogen-bond acceptors (Lipinski definition) is 4. The fourth-order valence-corrected chi connectivity index (χ4v) is 1.99. The van der Waals surface area contributed by atoms with Gasteiger partial charge in [0.05, 0.1) is 0 Å². The van der Waals surface area contributed by atoms with E-state index >= 15 is 0 Å². The van der Waals surface area contributed by atoms with Crippen molar-refractivity contribution in [1.29, 1.82) is 0 Å². The standard InChI is InChI=1S/C18H18O4/c1-4-14-6-8-15(9-7-14)22-18(20)16-10-5-12(2)11-17(16)21-13(3)19/h5-11H,4H2,1-3H3. The van der Waals surface area contributed by atoms with E-state index in [0.29, 0.717) is 5.75 Å². The molecule has 2 aromatic rings. The predicted molar refractivity (Wildman–Crippen MR) is 83.3 cm³/mol. The molecule has 4 nitrogen and oxygen atoms in total. The molecular formula is C18H18O4. The van der Waals surface area contributed by atoms with Crippen LogP contribution < -0.4 is 9.47 Å². The summed E-state index contributed by atoms with van der Waals surface area (Å²) >= 11 is 0. The van der Waals surface area contributed by atoms with Crippen molar-refractivity contribution in [3.05, 3.63) is 59.2 Å². The normalized spacial score (nSPS) is 10.1. The van der Waals surface area contributed by atoms with Gasteiger partial charge in [-0.2, -0.15) is 0 Å². The molecule has 0 saturated carbocycles. The van der Waals surface area contributed by atoms with Gasteiger partial charge in [-0.3, -0.25) is 4.79 Å². The molecule has 0 N–H and O–H groups in total. The monoisotopic (exact) mass is 298 g/mol. The average molecular weight is 298 g/mol. The highest BCUT2D eigenvalue weighted by Crippen LogP contribution is 2.23. The minimum Gasteiger partial charge on any atom is -0.426 e. The van der Waals surface area contributed by atoms with Gasteiger partial charge in [-0.1, -0.05) is 25.1 Å². The summed E-state index contributed by atoms with van der Waals surface area (Å²) in [6.07, 6.45) is 0.919. The number of carbonyl (C=O) groups excluding carboxylic acids is 2. The van der Waals surface area contributed by atoms with Gasteiger partial charge in [0.2, 0.25) is 0 Å². The molecule has 0 radical (unpaired) electrons. The van der Waals surface area contributed by atoms with Crippen molar-refractivity contribution in [2.45, 2.75) is 27.2 Å². The third-order valence-corrected chi connectivity index (χ3v) is 3.15. The maximum Gasteiger partial charge on any atom is 0.347 e. The van der Waals surface area contributed by atoms with E-state index in [4.69, 9.17) is 9.47 Å². The number of esters is 2. The fourth-order valence-electron chi connectivity index (χ4n) is 1.99. The molecule has 0 heterocycles. The molecule has 0 bridgehead atoms. The largest absolute Gasteiger partial charge is 0.426 e. The van der Waals surface area contributed by atoms with Crippen LogP contribution in [-0.4, -0.2) is 11.9 Å². The summed E-state index contributed by atoms with van der Waals surface area (Å²) in [5.41, 5.74) is 2.27. The lowest BCUT2D eigenvalue weighted by atomic mass is 10.1. The highest BCUT2D eigenvalue weighted by atomic mass is 16.5. The Hall–Kier alpha value is -2.62. The molecule has 0 unspecified atom stereocenters. The van der Waals surface area contributed by atoms with E-state index in [2.05, 4.69) is 6.92 Å². The van der Waals surface area contributed by atoms with Crippen LogP contribution in [0.3, 0.4) is 0 Å². The molecule has 114 valence electrons. The Morgan fingerprint density at radius 1 is 1.00 bits per heavy atom. The SMILES string of the molecule is CCc1ccc(OC(=O)c2ccc(C)cc2OC(C)=O)cc1. The van der Waals surface area contributed by atoms with Gasteiger partial charge in [-0.15, -0.1) is 0 Å². The van der Waals surface area contributed by atoms with E-state index in [1.807, 2.05) is 19.1 Å². The Morgan fingerprint density at radius 3 is 2.27 bits per heavy atom. The van der Waals surface area contributed by atoms with Crippen molar-refractivity contribution in [3.63, 3.8) is 0 Å². The van der Waals surface area contributed by atoms with Gasteiger partial charge < -0.3 is 9.47 Å². The number of aryl methyl sites for hydroxylation is 2. The van der Waals surface area contributed by atoms with Crippen LogP contribution in [0, 0.1) is 6.92 Å². The Balaban J connectivity index is 2.22. The minimum atomic E-state index is -0.555. The Bertz CT molecular complexity index is 687. The molecule has 0 saturated heterocycles. The van der Waals surface area contributed by atoms with E-state index in [1.165, 1.54) is 6.92 Å². The molecule has 0 aliphatic heterocycles. The lowest BCUT2D eigenvalue weighted by Crippen LogP contribution is -2.12. The molecular weight excluding hydrogens is 280 g/mol. The van der Waals surface area contributed by atoms with Crippen LogP contribution in [0.5, 0.6) is 11.5 Å². The quantitative estimate of drug-likeness (QED) is 0.638. The number of rotatable bonds is 4. The first-order valence-corrected chi connectivity index (χ1v) is 7.09. The first-order chi connectivity index (χ1) is 10.5. The summed E-state index contributed by atoms with van der Waals surface area (Å²) in [5.74, 6) is -0.369. The fraction of sp³-hybridized carbons (Fsp3) is 0.222. The minimum absolute atomic E-state index is 0.211. The van der Waals surface area contributed by atoms with Crippen LogP contribution >= 0.6 is 0 Å². The summed E-state index contributed by atoms with van der Waals surface area (Å²) in [6, 6.07) is 12.3. The van der Waals surface area contributed by atoms with E-state index in [1.54, 1.807) is 30.3 Å². The second kappa shape index (κ2) is 6.89. The van der Waals surface area contributed by atoms with E-state index in [-0.39, 0.29) is 11.3 Å². The van der Waals surface area contributed by atoms with E-state index in [0.717, 1.165) is 17.5 Å². The molecule has 22 heavy (non-hydrogen) atoms. The van der Waals surface area contributed by atoms with Crippen LogP contribution in [-0.2, 0) is 11.2 Å². The molecule has 2 rings (SSSR count). The first kappa shape index (κ1) is 15.8. The molecule has 0 amide bonds. The van der Waals surface area contributed by atoms with Crippen LogP contribution in [0.1, 0.15) is 35.3 Å². The zero-order valence-corrected chi connectivity index (χ0v) is 12.9. The lowest BCUT2D eigenvalue weighted by molar-refractivity contribution is -0.131. The molecule has 2 aromatic carbocycles. The zero-order valence-electron chi connectivity index (χ0n) is 12.9. The molecule has 0 spiro atoms. The van der Waals surface area contributed by atoms with Crippen molar-refractivity contribution in [1.82, 2.24) is 0 Å². The number of benzene rings is 2. The molecule has 0 aliphatic rings. The number of carbonyl (C=O) groups is 2. The predicted octanol–water partition coefficient (Wildman–Crippen LogP) is 3.70. The molecule has 0 atom stereocenters. The second-order valence-electron chi connectivity index (χ2n) is 4.98. The summed E-state index contributed by atoms with van der Waals surface area (Å²) in [7, 11) is 0. The highest BCUT2D eigenvalue weighted by Gasteiger charge is 2.16. The van der Waals surface area contributed by atoms with E-state index in [9.17, 15) is 9.59 Å². The van der Waals surface area contributed by atoms with Gasteiger partial charge in [-0.25, -0.2) is 4.79 Å². The van der Waals surface area contributed by atoms with Crippen molar-refractivity contribution in [3.8, 4) is 11.5 Å². The van der Waals surface area contributed by atoms with Gasteiger partial charge in [0.1, 0.15) is 17.1 Å². The van der Waals surface area contributed by atoms with Gasteiger partial charge in [0.15, 0.2) is 0 Å². The summed E-state index contributed by atoms with van der Waals surface area (Å²) in [5, 5.41) is 0. The topological polar surface area (TPSA) is 52.6 Å². The highest BCUT2D eigenvalue weighted by molar-refractivity contribution is 5.94. The smallest absolute Gasteiger partial charge is 0.347 e. The Kier molecular flexibility index (Phi) is 4.94. The second-order valence-corrected chi connectivity index (χ2v) is 4.98. The van der Waals surface area contributed by atoms with Crippen molar-refractivity contribution < 1.29 is 19.1 Å².